The van der Waals surface area contributed by atoms with Gasteiger partial charge >= 0.3 is 11.9 Å². The van der Waals surface area contributed by atoms with Gasteiger partial charge in [-0.15, -0.1) is 0 Å². The fourth-order valence-electron chi connectivity index (χ4n) is 0.845. The van der Waals surface area contributed by atoms with Crippen molar-refractivity contribution in [2.75, 3.05) is 0 Å². The summed E-state index contributed by atoms with van der Waals surface area (Å²) in [5.74, 6) is -1.94. The van der Waals surface area contributed by atoms with E-state index in [0.29, 0.717) is 0 Å². The lowest BCUT2D eigenvalue weighted by molar-refractivity contribution is -0.139. The Labute approximate surface area is 62.6 Å². The molecule has 2 unspecified atom stereocenters. The van der Waals surface area contributed by atoms with Crippen LogP contribution in [0.2, 0.25) is 0 Å². The minimum atomic E-state index is -1.01. The van der Waals surface area contributed by atoms with Crippen molar-refractivity contribution < 1.29 is 24.5 Å². The zero-order valence-electron chi connectivity index (χ0n) is 5.69. The van der Waals surface area contributed by atoms with Gasteiger partial charge in [0, 0.05) is 6.42 Å². The van der Waals surface area contributed by atoms with E-state index in [9.17, 15) is 9.59 Å². The van der Waals surface area contributed by atoms with Crippen molar-refractivity contribution in [3.05, 3.63) is 0 Å². The Morgan fingerprint density at radius 3 is 2.36 bits per heavy atom. The molecule has 0 aliphatic carbocycles. The molecule has 5 nitrogen and oxygen atoms in total. The van der Waals surface area contributed by atoms with Gasteiger partial charge in [0.15, 0.2) is 6.10 Å². The molecule has 0 aromatic carbocycles. The molecule has 0 radical (unpaired) electrons. The zero-order valence-corrected chi connectivity index (χ0v) is 5.69. The Kier molecular flexibility index (Phi) is 2.09. The highest BCUT2D eigenvalue weighted by Gasteiger charge is 2.44. The van der Waals surface area contributed by atoms with Gasteiger partial charge in [-0.1, -0.05) is 0 Å². The van der Waals surface area contributed by atoms with Gasteiger partial charge in [0.05, 0.1) is 6.10 Å². The summed E-state index contributed by atoms with van der Waals surface area (Å²) in [6, 6.07) is 0. The molecule has 0 aromatic heterocycles. The van der Waals surface area contributed by atoms with Crippen molar-refractivity contribution in [3.63, 3.8) is 0 Å². The molecule has 1 heterocycles. The van der Waals surface area contributed by atoms with Gasteiger partial charge < -0.3 is 14.9 Å². The van der Waals surface area contributed by atoms with E-state index in [0.717, 1.165) is 0 Å². The Bertz CT molecular complexity index is 187. The summed E-state index contributed by atoms with van der Waals surface area (Å²) in [7, 11) is 0. The highest BCUT2D eigenvalue weighted by Crippen LogP contribution is 2.26. The molecule has 0 bridgehead atoms. The predicted octanol–water partition coefficient (Wildman–Crippen LogP) is -0.297. The van der Waals surface area contributed by atoms with Crippen LogP contribution in [0.5, 0.6) is 0 Å². The molecule has 11 heavy (non-hydrogen) atoms. The van der Waals surface area contributed by atoms with Crippen molar-refractivity contribution in [3.8, 4) is 0 Å². The third kappa shape index (κ3) is 2.19. The number of carboxylic acids is 2. The SMILES string of the molecule is O=C(O)CCC1OC1C(=O)O. The summed E-state index contributed by atoms with van der Waals surface area (Å²) in [5, 5.41) is 16.5. The van der Waals surface area contributed by atoms with E-state index in [1.165, 1.54) is 0 Å². The lowest BCUT2D eigenvalue weighted by atomic mass is 10.2. The topological polar surface area (TPSA) is 87.1 Å². The molecule has 2 N–H and O–H groups in total. The summed E-state index contributed by atoms with van der Waals surface area (Å²) in [6.07, 6.45) is -0.904. The normalized spacial score (nSPS) is 28.0. The van der Waals surface area contributed by atoms with Crippen molar-refractivity contribution in [1.29, 1.82) is 0 Å². The molecule has 5 heteroatoms. The van der Waals surface area contributed by atoms with Crippen molar-refractivity contribution in [1.82, 2.24) is 0 Å². The number of carbonyl (C=O) groups is 2. The van der Waals surface area contributed by atoms with Gasteiger partial charge in [-0.05, 0) is 6.42 Å². The first-order valence-corrected chi connectivity index (χ1v) is 3.21. The summed E-state index contributed by atoms with van der Waals surface area (Å²) in [4.78, 5) is 20.1. The fourth-order valence-corrected chi connectivity index (χ4v) is 0.845. The first-order chi connectivity index (χ1) is 5.11. The molecule has 1 fully saturated rings. The highest BCUT2D eigenvalue weighted by molar-refractivity contribution is 5.76. The second kappa shape index (κ2) is 2.87. The Morgan fingerprint density at radius 2 is 2.00 bits per heavy atom. The predicted molar refractivity (Wildman–Crippen MR) is 33.2 cm³/mol. The smallest absolute Gasteiger partial charge is 0.335 e. The molecule has 1 aliphatic rings. The van der Waals surface area contributed by atoms with Crippen LogP contribution in [0.4, 0.5) is 0 Å². The third-order valence-electron chi connectivity index (χ3n) is 1.47. The van der Waals surface area contributed by atoms with E-state index in [4.69, 9.17) is 10.2 Å². The number of hydrogen-bond acceptors (Lipinski definition) is 3. The summed E-state index contributed by atoms with van der Waals surface area (Å²) >= 11 is 0. The van der Waals surface area contributed by atoms with E-state index in [1.807, 2.05) is 0 Å². The minimum absolute atomic E-state index is 0.0333. The van der Waals surface area contributed by atoms with Crippen molar-refractivity contribution in [2.45, 2.75) is 25.0 Å². The van der Waals surface area contributed by atoms with Gasteiger partial charge in [-0.2, -0.15) is 0 Å². The second-order valence-corrected chi connectivity index (χ2v) is 2.37. The lowest BCUT2D eigenvalue weighted by Crippen LogP contribution is -2.08. The molecule has 0 spiro atoms. The number of rotatable bonds is 4. The number of epoxide rings is 1. The van der Waals surface area contributed by atoms with Crippen molar-refractivity contribution in [2.24, 2.45) is 0 Å². The summed E-state index contributed by atoms with van der Waals surface area (Å²) in [5.41, 5.74) is 0. The minimum Gasteiger partial charge on any atom is -0.481 e. The van der Waals surface area contributed by atoms with Gasteiger partial charge in [0.2, 0.25) is 0 Å². The van der Waals surface area contributed by atoms with Gasteiger partial charge in [0.1, 0.15) is 0 Å². The average Bonchev–Trinajstić information content (AvgIpc) is 2.61. The molecule has 2 atom stereocenters. The Balaban J connectivity index is 2.14. The van der Waals surface area contributed by atoms with Gasteiger partial charge in [-0.3, -0.25) is 4.79 Å². The number of carboxylic acid groups (broad SMARTS) is 2. The largest absolute Gasteiger partial charge is 0.481 e. The molecule has 1 aliphatic heterocycles. The Morgan fingerprint density at radius 1 is 1.36 bits per heavy atom. The number of ether oxygens (including phenoxy) is 1. The van der Waals surface area contributed by atoms with Crippen LogP contribution >= 0.6 is 0 Å². The standard InChI is InChI=1S/C6H8O5/c7-4(8)2-1-3-5(11-3)6(9)10/h3,5H,1-2H2,(H,7,8)(H,9,10). The molecule has 0 amide bonds. The average molecular weight is 160 g/mol. The number of hydrogen-bond donors (Lipinski definition) is 2. The monoisotopic (exact) mass is 160 g/mol. The maximum atomic E-state index is 10.1. The van der Waals surface area contributed by atoms with E-state index in [-0.39, 0.29) is 18.9 Å². The van der Waals surface area contributed by atoms with E-state index in [1.54, 1.807) is 0 Å². The third-order valence-corrected chi connectivity index (χ3v) is 1.47. The molecule has 0 aromatic rings. The van der Waals surface area contributed by atoms with Crippen molar-refractivity contribution >= 4 is 11.9 Å². The first-order valence-electron chi connectivity index (χ1n) is 3.21. The van der Waals surface area contributed by atoms with Crippen LogP contribution in [0.3, 0.4) is 0 Å². The molecular formula is C6H8O5. The van der Waals surface area contributed by atoms with Crippen LogP contribution in [-0.2, 0) is 14.3 Å². The van der Waals surface area contributed by atoms with Crippen LogP contribution in [0.25, 0.3) is 0 Å². The van der Waals surface area contributed by atoms with E-state index in [2.05, 4.69) is 4.74 Å². The molecule has 62 valence electrons. The Hall–Kier alpha value is -1.10. The molecule has 1 saturated heterocycles. The highest BCUT2D eigenvalue weighted by atomic mass is 16.6. The van der Waals surface area contributed by atoms with Crippen LogP contribution in [0.1, 0.15) is 12.8 Å². The quantitative estimate of drug-likeness (QED) is 0.551. The fraction of sp³-hybridized carbons (Fsp3) is 0.667. The van der Waals surface area contributed by atoms with Gasteiger partial charge in [0.25, 0.3) is 0 Å². The van der Waals surface area contributed by atoms with Gasteiger partial charge in [-0.25, -0.2) is 4.79 Å². The number of aliphatic carboxylic acids is 2. The van der Waals surface area contributed by atoms with Crippen LogP contribution in [0, 0.1) is 0 Å². The zero-order chi connectivity index (χ0) is 8.43. The first kappa shape index (κ1) is 8.00. The van der Waals surface area contributed by atoms with Crippen LogP contribution in [-0.4, -0.2) is 34.4 Å². The molecule has 0 saturated carbocycles. The van der Waals surface area contributed by atoms with E-state index >= 15 is 0 Å². The van der Waals surface area contributed by atoms with Crippen LogP contribution < -0.4 is 0 Å². The molecular weight excluding hydrogens is 152 g/mol. The second-order valence-electron chi connectivity index (χ2n) is 2.37. The van der Waals surface area contributed by atoms with E-state index < -0.39 is 18.0 Å². The maximum Gasteiger partial charge on any atom is 0.335 e. The lowest BCUT2D eigenvalue weighted by Gasteiger charge is -1.87. The molecule has 1 rings (SSSR count). The maximum absolute atomic E-state index is 10.1. The van der Waals surface area contributed by atoms with Crippen LogP contribution in [0.15, 0.2) is 0 Å². The summed E-state index contributed by atoms with van der Waals surface area (Å²) in [6.45, 7) is 0. The summed E-state index contributed by atoms with van der Waals surface area (Å²) < 4.78 is 4.67.